The number of benzene rings is 1. The summed E-state index contributed by atoms with van der Waals surface area (Å²) in [4.78, 5) is 15.5. The number of ether oxygens (including phenoxy) is 1. The van der Waals surface area contributed by atoms with Crippen LogP contribution >= 0.6 is 0 Å². The topological polar surface area (TPSA) is 44.1 Å². The number of hydrogen-bond donors (Lipinski definition) is 0. The zero-order valence-electron chi connectivity index (χ0n) is 10.6. The first-order valence-corrected chi connectivity index (χ1v) is 5.94. The summed E-state index contributed by atoms with van der Waals surface area (Å²) in [6.07, 6.45) is 3.55. The van der Waals surface area contributed by atoms with Crippen molar-refractivity contribution in [3.8, 4) is 5.75 Å². The van der Waals surface area contributed by atoms with Crippen molar-refractivity contribution in [2.24, 2.45) is 0 Å². The minimum absolute atomic E-state index is 0.00889. The standard InChI is InChI=1S/C14H16N2O2/c1-3-16-10-15-8-12(16)9-18-14-7-5-4-6-13(14)11(2)17/h4-8,10H,3,9H2,1-2H3. The third kappa shape index (κ3) is 2.59. The average molecular weight is 244 g/mol. The van der Waals surface area contributed by atoms with Gasteiger partial charge >= 0.3 is 0 Å². The second-order valence-electron chi connectivity index (χ2n) is 4.01. The van der Waals surface area contributed by atoms with Gasteiger partial charge in [0.15, 0.2) is 5.78 Å². The van der Waals surface area contributed by atoms with Gasteiger partial charge in [0.25, 0.3) is 0 Å². The number of Topliss-reactive ketones (excluding diaryl/α,β-unsaturated/α-hetero) is 1. The van der Waals surface area contributed by atoms with Gasteiger partial charge in [0.2, 0.25) is 0 Å². The van der Waals surface area contributed by atoms with Gasteiger partial charge in [-0.1, -0.05) is 12.1 Å². The smallest absolute Gasteiger partial charge is 0.163 e. The number of ketones is 1. The maximum absolute atomic E-state index is 11.5. The van der Waals surface area contributed by atoms with E-state index in [4.69, 9.17) is 4.74 Å². The molecule has 2 rings (SSSR count). The number of aryl methyl sites for hydroxylation is 1. The van der Waals surface area contributed by atoms with E-state index in [0.717, 1.165) is 12.2 Å². The minimum atomic E-state index is 0.00889. The number of para-hydroxylation sites is 1. The third-order valence-corrected chi connectivity index (χ3v) is 2.78. The van der Waals surface area contributed by atoms with Gasteiger partial charge in [-0.25, -0.2) is 4.98 Å². The Balaban J connectivity index is 2.13. The molecule has 0 bridgehead atoms. The highest BCUT2D eigenvalue weighted by Gasteiger charge is 2.08. The van der Waals surface area contributed by atoms with Crippen LogP contribution in [-0.4, -0.2) is 15.3 Å². The van der Waals surface area contributed by atoms with E-state index in [0.29, 0.717) is 17.9 Å². The first-order chi connectivity index (χ1) is 8.72. The Morgan fingerprint density at radius 1 is 1.39 bits per heavy atom. The fourth-order valence-corrected chi connectivity index (χ4v) is 1.79. The number of carbonyl (C=O) groups excluding carboxylic acids is 1. The first-order valence-electron chi connectivity index (χ1n) is 5.94. The van der Waals surface area contributed by atoms with Crippen LogP contribution in [0.5, 0.6) is 5.75 Å². The van der Waals surface area contributed by atoms with Gasteiger partial charge in [-0.05, 0) is 26.0 Å². The van der Waals surface area contributed by atoms with E-state index < -0.39 is 0 Å². The van der Waals surface area contributed by atoms with E-state index in [1.807, 2.05) is 22.8 Å². The summed E-state index contributed by atoms with van der Waals surface area (Å²) in [6, 6.07) is 7.27. The van der Waals surface area contributed by atoms with E-state index >= 15 is 0 Å². The fourth-order valence-electron chi connectivity index (χ4n) is 1.79. The molecule has 0 saturated heterocycles. The molecule has 4 nitrogen and oxygen atoms in total. The van der Waals surface area contributed by atoms with E-state index in [1.165, 1.54) is 0 Å². The Labute approximate surface area is 106 Å². The van der Waals surface area contributed by atoms with Crippen molar-refractivity contribution >= 4 is 5.78 Å². The molecule has 0 spiro atoms. The monoisotopic (exact) mass is 244 g/mol. The minimum Gasteiger partial charge on any atom is -0.487 e. The lowest BCUT2D eigenvalue weighted by Crippen LogP contribution is -2.05. The number of hydrogen-bond acceptors (Lipinski definition) is 3. The molecule has 0 atom stereocenters. The molecule has 1 heterocycles. The lowest BCUT2D eigenvalue weighted by Gasteiger charge is -2.10. The molecule has 4 heteroatoms. The predicted octanol–water partition coefficient (Wildman–Crippen LogP) is 2.68. The normalized spacial score (nSPS) is 10.3. The highest BCUT2D eigenvalue weighted by atomic mass is 16.5. The van der Waals surface area contributed by atoms with Crippen LogP contribution in [-0.2, 0) is 13.2 Å². The van der Waals surface area contributed by atoms with Crippen molar-refractivity contribution in [3.63, 3.8) is 0 Å². The van der Waals surface area contributed by atoms with Gasteiger partial charge in [-0.3, -0.25) is 4.79 Å². The summed E-state index contributed by atoms with van der Waals surface area (Å²) >= 11 is 0. The van der Waals surface area contributed by atoms with Crippen LogP contribution in [0.1, 0.15) is 29.9 Å². The van der Waals surface area contributed by atoms with Crippen LogP contribution in [0, 0.1) is 0 Å². The predicted molar refractivity (Wildman–Crippen MR) is 68.7 cm³/mol. The van der Waals surface area contributed by atoms with Crippen LogP contribution in [0.25, 0.3) is 0 Å². The maximum Gasteiger partial charge on any atom is 0.163 e. The molecule has 0 unspecified atom stereocenters. The van der Waals surface area contributed by atoms with Crippen molar-refractivity contribution in [1.82, 2.24) is 9.55 Å². The van der Waals surface area contributed by atoms with Crippen molar-refractivity contribution in [2.45, 2.75) is 27.0 Å². The molecular weight excluding hydrogens is 228 g/mol. The average Bonchev–Trinajstić information content (AvgIpc) is 2.84. The second kappa shape index (κ2) is 5.49. The van der Waals surface area contributed by atoms with E-state index in [1.54, 1.807) is 25.5 Å². The number of aromatic nitrogens is 2. The number of nitrogens with zero attached hydrogens (tertiary/aromatic N) is 2. The van der Waals surface area contributed by atoms with Crippen molar-refractivity contribution in [3.05, 3.63) is 48.0 Å². The molecule has 0 aliphatic carbocycles. The second-order valence-corrected chi connectivity index (χ2v) is 4.01. The summed E-state index contributed by atoms with van der Waals surface area (Å²) in [5.74, 6) is 0.628. The number of carbonyl (C=O) groups is 1. The van der Waals surface area contributed by atoms with Crippen molar-refractivity contribution in [2.75, 3.05) is 0 Å². The highest BCUT2D eigenvalue weighted by Crippen LogP contribution is 2.19. The molecule has 0 amide bonds. The van der Waals surface area contributed by atoms with Crippen LogP contribution in [0.3, 0.4) is 0 Å². The summed E-state index contributed by atoms with van der Waals surface area (Å²) in [6.45, 7) is 4.86. The summed E-state index contributed by atoms with van der Waals surface area (Å²) in [5, 5.41) is 0. The zero-order chi connectivity index (χ0) is 13.0. The van der Waals surface area contributed by atoms with Crippen molar-refractivity contribution in [1.29, 1.82) is 0 Å². The van der Waals surface area contributed by atoms with E-state index in [-0.39, 0.29) is 5.78 Å². The van der Waals surface area contributed by atoms with Gasteiger partial charge < -0.3 is 9.30 Å². The summed E-state index contributed by atoms with van der Waals surface area (Å²) in [7, 11) is 0. The number of imidazole rings is 1. The quantitative estimate of drug-likeness (QED) is 0.759. The third-order valence-electron chi connectivity index (χ3n) is 2.78. The van der Waals surface area contributed by atoms with Crippen LogP contribution in [0.2, 0.25) is 0 Å². The maximum atomic E-state index is 11.5. The molecule has 94 valence electrons. The van der Waals surface area contributed by atoms with Gasteiger partial charge in [0, 0.05) is 6.54 Å². The Morgan fingerprint density at radius 2 is 2.17 bits per heavy atom. The number of rotatable bonds is 5. The largest absolute Gasteiger partial charge is 0.487 e. The van der Waals surface area contributed by atoms with Crippen LogP contribution in [0.4, 0.5) is 0 Å². The zero-order valence-corrected chi connectivity index (χ0v) is 10.6. The molecule has 0 N–H and O–H groups in total. The van der Waals surface area contributed by atoms with Gasteiger partial charge in [0.05, 0.1) is 23.8 Å². The molecular formula is C14H16N2O2. The summed E-state index contributed by atoms with van der Waals surface area (Å²) in [5.41, 5.74) is 1.61. The molecule has 0 radical (unpaired) electrons. The fraction of sp³-hybridized carbons (Fsp3) is 0.286. The molecule has 1 aromatic heterocycles. The SMILES string of the molecule is CCn1cncc1COc1ccccc1C(C)=O. The molecule has 0 saturated carbocycles. The Bertz CT molecular complexity index is 546. The Morgan fingerprint density at radius 3 is 2.89 bits per heavy atom. The molecule has 0 fully saturated rings. The van der Waals surface area contributed by atoms with E-state index in [2.05, 4.69) is 11.9 Å². The van der Waals surface area contributed by atoms with Gasteiger partial charge in [-0.15, -0.1) is 0 Å². The van der Waals surface area contributed by atoms with E-state index in [9.17, 15) is 4.79 Å². The molecule has 2 aromatic rings. The Kier molecular flexibility index (Phi) is 3.77. The molecule has 1 aromatic carbocycles. The lowest BCUT2D eigenvalue weighted by molar-refractivity contribution is 0.101. The van der Waals surface area contributed by atoms with Crippen molar-refractivity contribution < 1.29 is 9.53 Å². The first kappa shape index (κ1) is 12.4. The molecule has 0 aliphatic heterocycles. The lowest BCUT2D eigenvalue weighted by atomic mass is 10.1. The van der Waals surface area contributed by atoms with Gasteiger partial charge in [0.1, 0.15) is 12.4 Å². The van der Waals surface area contributed by atoms with Gasteiger partial charge in [-0.2, -0.15) is 0 Å². The Hall–Kier alpha value is -2.10. The molecule has 18 heavy (non-hydrogen) atoms. The molecule has 0 aliphatic rings. The highest BCUT2D eigenvalue weighted by molar-refractivity contribution is 5.96. The summed E-state index contributed by atoms with van der Waals surface area (Å²) < 4.78 is 7.71. The van der Waals surface area contributed by atoms with Crippen LogP contribution < -0.4 is 4.74 Å². The van der Waals surface area contributed by atoms with Crippen LogP contribution in [0.15, 0.2) is 36.8 Å².